The molecule has 0 N–H and O–H groups in total. The van der Waals surface area contributed by atoms with E-state index in [9.17, 15) is 14.4 Å². The number of hydrogen-bond donors (Lipinski definition) is 0. The zero-order chi connectivity index (χ0) is 41.5. The minimum Gasteiger partial charge on any atom is -0.462 e. The Balaban J connectivity index is 4.19. The maximum absolute atomic E-state index is 12.7. The molecule has 6 heteroatoms. The monoisotopic (exact) mass is 797 g/mol. The van der Waals surface area contributed by atoms with Gasteiger partial charge in [-0.2, -0.15) is 0 Å². The lowest BCUT2D eigenvalue weighted by Gasteiger charge is -2.18. The highest BCUT2D eigenvalue weighted by molar-refractivity contribution is 5.71. The molecular weight excluding hydrogens is 709 g/mol. The number of rotatable bonds is 42. The summed E-state index contributed by atoms with van der Waals surface area (Å²) >= 11 is 0. The van der Waals surface area contributed by atoms with Crippen LogP contribution in [0.3, 0.4) is 0 Å². The van der Waals surface area contributed by atoms with Gasteiger partial charge in [0.1, 0.15) is 13.2 Å². The summed E-state index contributed by atoms with van der Waals surface area (Å²) in [7, 11) is 0. The molecule has 0 aromatic heterocycles. The van der Waals surface area contributed by atoms with Gasteiger partial charge in [-0.25, -0.2) is 0 Å². The van der Waals surface area contributed by atoms with Crippen molar-refractivity contribution in [2.45, 2.75) is 232 Å². The van der Waals surface area contributed by atoms with Crippen LogP contribution in [-0.2, 0) is 28.6 Å². The van der Waals surface area contributed by atoms with Crippen molar-refractivity contribution in [3.05, 3.63) is 60.8 Å². The Morgan fingerprint density at radius 2 is 0.684 bits per heavy atom. The van der Waals surface area contributed by atoms with Gasteiger partial charge in [-0.1, -0.05) is 184 Å². The number of ether oxygens (including phenoxy) is 3. The molecule has 0 radical (unpaired) electrons. The first-order valence-electron chi connectivity index (χ1n) is 23.8. The van der Waals surface area contributed by atoms with Gasteiger partial charge < -0.3 is 14.2 Å². The van der Waals surface area contributed by atoms with Crippen LogP contribution in [0.1, 0.15) is 226 Å². The molecular formula is C51H88O6. The lowest BCUT2D eigenvalue weighted by atomic mass is 10.1. The summed E-state index contributed by atoms with van der Waals surface area (Å²) in [5, 5.41) is 0. The Labute approximate surface area is 351 Å². The average Bonchev–Trinajstić information content (AvgIpc) is 3.21. The van der Waals surface area contributed by atoms with E-state index in [1.165, 1.54) is 77.0 Å². The zero-order valence-electron chi connectivity index (χ0n) is 37.3. The van der Waals surface area contributed by atoms with Crippen molar-refractivity contribution in [1.29, 1.82) is 0 Å². The van der Waals surface area contributed by atoms with Crippen molar-refractivity contribution in [1.82, 2.24) is 0 Å². The molecule has 0 rings (SSSR count). The van der Waals surface area contributed by atoms with E-state index in [1.807, 2.05) is 0 Å². The van der Waals surface area contributed by atoms with Crippen LogP contribution in [-0.4, -0.2) is 37.2 Å². The molecule has 0 aliphatic rings. The second-order valence-corrected chi connectivity index (χ2v) is 15.6. The fraction of sp³-hybridized carbons (Fsp3) is 0.745. The zero-order valence-corrected chi connectivity index (χ0v) is 37.3. The number of carbonyl (C=O) groups excluding carboxylic acids is 3. The van der Waals surface area contributed by atoms with E-state index >= 15 is 0 Å². The molecule has 0 fully saturated rings. The van der Waals surface area contributed by atoms with Gasteiger partial charge in [-0.05, 0) is 83.5 Å². The van der Waals surface area contributed by atoms with E-state index in [1.54, 1.807) is 0 Å². The van der Waals surface area contributed by atoms with Crippen molar-refractivity contribution < 1.29 is 28.6 Å². The number of carbonyl (C=O) groups is 3. The predicted molar refractivity (Wildman–Crippen MR) is 242 cm³/mol. The Hall–Kier alpha value is -2.89. The third-order valence-electron chi connectivity index (χ3n) is 10.0. The van der Waals surface area contributed by atoms with Gasteiger partial charge in [0.2, 0.25) is 0 Å². The Morgan fingerprint density at radius 3 is 1.11 bits per heavy atom. The average molecular weight is 797 g/mol. The molecule has 6 nitrogen and oxygen atoms in total. The summed E-state index contributed by atoms with van der Waals surface area (Å²) in [6.45, 7) is 6.40. The summed E-state index contributed by atoms with van der Waals surface area (Å²) in [6, 6.07) is 0. The van der Waals surface area contributed by atoms with E-state index < -0.39 is 6.10 Å². The summed E-state index contributed by atoms with van der Waals surface area (Å²) in [4.78, 5) is 37.5. The molecule has 0 saturated heterocycles. The molecule has 0 heterocycles. The highest BCUT2D eigenvalue weighted by Gasteiger charge is 2.19. The fourth-order valence-electron chi connectivity index (χ4n) is 6.43. The molecule has 0 spiro atoms. The first kappa shape index (κ1) is 54.1. The summed E-state index contributed by atoms with van der Waals surface area (Å²) < 4.78 is 16.6. The van der Waals surface area contributed by atoms with Crippen molar-refractivity contribution in [3.8, 4) is 0 Å². The fourth-order valence-corrected chi connectivity index (χ4v) is 6.43. The van der Waals surface area contributed by atoms with Gasteiger partial charge >= 0.3 is 17.9 Å². The lowest BCUT2D eigenvalue weighted by molar-refractivity contribution is -0.167. The van der Waals surface area contributed by atoms with Crippen LogP contribution < -0.4 is 0 Å². The second kappa shape index (κ2) is 45.8. The molecule has 0 aromatic rings. The third kappa shape index (κ3) is 44.1. The molecule has 0 aliphatic carbocycles. The van der Waals surface area contributed by atoms with E-state index in [0.29, 0.717) is 19.3 Å². The number of unbranched alkanes of at least 4 members (excludes halogenated alkanes) is 21. The summed E-state index contributed by atoms with van der Waals surface area (Å²) in [5.74, 6) is -0.913. The topological polar surface area (TPSA) is 78.9 Å². The van der Waals surface area contributed by atoms with E-state index in [4.69, 9.17) is 14.2 Å². The van der Waals surface area contributed by atoms with E-state index in [0.717, 1.165) is 109 Å². The van der Waals surface area contributed by atoms with Crippen molar-refractivity contribution in [3.63, 3.8) is 0 Å². The van der Waals surface area contributed by atoms with E-state index in [-0.39, 0.29) is 31.1 Å². The maximum Gasteiger partial charge on any atom is 0.306 e. The largest absolute Gasteiger partial charge is 0.462 e. The molecule has 0 bridgehead atoms. The molecule has 1 unspecified atom stereocenters. The molecule has 328 valence electrons. The SMILES string of the molecule is CC/C=C\C/C=C\C/C=C\C/C=C\CCCCCCCCCCC(=O)OCC(COC(=O)CCCCCCC)OC(=O)CCCCCCC/C=C\CCCCCC. The highest BCUT2D eigenvalue weighted by atomic mass is 16.6. The van der Waals surface area contributed by atoms with Gasteiger partial charge in [0, 0.05) is 19.3 Å². The summed E-state index contributed by atoms with van der Waals surface area (Å²) in [5.41, 5.74) is 0. The van der Waals surface area contributed by atoms with Crippen LogP contribution in [0.15, 0.2) is 60.8 Å². The van der Waals surface area contributed by atoms with Crippen LogP contribution in [0.5, 0.6) is 0 Å². The standard InChI is InChI=1S/C51H88O6/c1-4-7-10-13-15-17-19-21-22-23-24-25-26-27-28-30-31-33-35-38-41-44-50(53)56-47-48(46-55-49(52)43-40-37-12-9-6-3)57-51(54)45-42-39-36-34-32-29-20-18-16-14-11-8-5-2/h7,10,15,17-18,20-22,24-25,48H,4-6,8-9,11-14,16,19,23,26-47H2,1-3H3/b10-7-,17-15-,20-18-,22-21-,25-24-. The molecule has 57 heavy (non-hydrogen) atoms. The first-order chi connectivity index (χ1) is 28.0. The van der Waals surface area contributed by atoms with Crippen LogP contribution in [0.25, 0.3) is 0 Å². The Bertz CT molecular complexity index is 1050. The third-order valence-corrected chi connectivity index (χ3v) is 10.0. The van der Waals surface area contributed by atoms with Gasteiger partial charge in [0.25, 0.3) is 0 Å². The van der Waals surface area contributed by atoms with Crippen LogP contribution in [0, 0.1) is 0 Å². The molecule has 0 saturated carbocycles. The lowest BCUT2D eigenvalue weighted by Crippen LogP contribution is -2.30. The van der Waals surface area contributed by atoms with Gasteiger partial charge in [0.15, 0.2) is 6.10 Å². The quantitative estimate of drug-likeness (QED) is 0.0265. The van der Waals surface area contributed by atoms with E-state index in [2.05, 4.69) is 81.5 Å². The Morgan fingerprint density at radius 1 is 0.368 bits per heavy atom. The maximum atomic E-state index is 12.7. The smallest absolute Gasteiger partial charge is 0.306 e. The number of allylic oxidation sites excluding steroid dienone is 10. The Kier molecular flexibility index (Phi) is 43.5. The molecule has 0 amide bonds. The molecule has 1 atom stereocenters. The predicted octanol–water partition coefficient (Wildman–Crippen LogP) is 15.3. The number of hydrogen-bond acceptors (Lipinski definition) is 6. The van der Waals surface area contributed by atoms with Gasteiger partial charge in [0.05, 0.1) is 0 Å². The van der Waals surface area contributed by atoms with Gasteiger partial charge in [-0.15, -0.1) is 0 Å². The first-order valence-corrected chi connectivity index (χ1v) is 23.8. The highest BCUT2D eigenvalue weighted by Crippen LogP contribution is 2.14. The normalized spacial score (nSPS) is 12.5. The minimum absolute atomic E-state index is 0.0810. The van der Waals surface area contributed by atoms with Crippen LogP contribution >= 0.6 is 0 Å². The van der Waals surface area contributed by atoms with Crippen molar-refractivity contribution >= 4 is 17.9 Å². The minimum atomic E-state index is -0.776. The molecule has 0 aliphatic heterocycles. The van der Waals surface area contributed by atoms with Crippen LogP contribution in [0.4, 0.5) is 0 Å². The number of esters is 3. The second-order valence-electron chi connectivity index (χ2n) is 15.6. The van der Waals surface area contributed by atoms with Crippen molar-refractivity contribution in [2.75, 3.05) is 13.2 Å². The molecule has 0 aromatic carbocycles. The summed E-state index contributed by atoms with van der Waals surface area (Å²) in [6.07, 6.45) is 55.2. The van der Waals surface area contributed by atoms with Crippen molar-refractivity contribution in [2.24, 2.45) is 0 Å². The van der Waals surface area contributed by atoms with Gasteiger partial charge in [-0.3, -0.25) is 14.4 Å². The van der Waals surface area contributed by atoms with Crippen LogP contribution in [0.2, 0.25) is 0 Å².